The Hall–Kier alpha value is -1.79. The molecule has 0 radical (unpaired) electrons. The topological polar surface area (TPSA) is 55.6 Å². The minimum absolute atomic E-state index is 0.223. The van der Waals surface area contributed by atoms with Gasteiger partial charge in [0.25, 0.3) is 0 Å². The number of hydrogen-bond donors (Lipinski definition) is 1. The Labute approximate surface area is 128 Å². The van der Waals surface area contributed by atoms with Crippen molar-refractivity contribution >= 4 is 22.6 Å². The largest absolute Gasteiger partial charge is 0.331 e. The van der Waals surface area contributed by atoms with Crippen molar-refractivity contribution in [3.8, 4) is 0 Å². The van der Waals surface area contributed by atoms with Crippen molar-refractivity contribution < 1.29 is 0 Å². The Bertz CT molecular complexity index is 704. The Balaban J connectivity index is 1.88. The Morgan fingerprint density at radius 2 is 2.19 bits per heavy atom. The van der Waals surface area contributed by atoms with Crippen LogP contribution in [-0.2, 0) is 13.5 Å². The van der Waals surface area contributed by atoms with E-state index >= 15 is 0 Å². The van der Waals surface area contributed by atoms with Gasteiger partial charge in [-0.2, -0.15) is 0 Å². The fourth-order valence-corrected chi connectivity index (χ4v) is 3.06. The van der Waals surface area contributed by atoms with Gasteiger partial charge in [0, 0.05) is 13.5 Å². The molecule has 1 N–H and O–H groups in total. The standard InChI is InChI=1S/C15H19N5S/c1-3-8-16-12(14-10-17-19-21-14)9-15-18-11-6-4-5-7-13(11)20(15)2/h4-7,10,12,16H,3,8-9H2,1-2H3. The summed E-state index contributed by atoms with van der Waals surface area (Å²) in [6.07, 6.45) is 3.79. The van der Waals surface area contributed by atoms with Crippen molar-refractivity contribution in [2.75, 3.05) is 6.54 Å². The maximum atomic E-state index is 4.76. The summed E-state index contributed by atoms with van der Waals surface area (Å²) in [5, 5.41) is 7.53. The number of aromatic nitrogens is 4. The van der Waals surface area contributed by atoms with Gasteiger partial charge in [-0.3, -0.25) is 0 Å². The van der Waals surface area contributed by atoms with E-state index in [1.165, 1.54) is 17.0 Å². The zero-order valence-corrected chi connectivity index (χ0v) is 13.1. The summed E-state index contributed by atoms with van der Waals surface area (Å²) < 4.78 is 6.15. The van der Waals surface area contributed by atoms with Crippen LogP contribution in [0.15, 0.2) is 30.5 Å². The molecule has 0 aliphatic rings. The molecule has 1 unspecified atom stereocenters. The van der Waals surface area contributed by atoms with E-state index < -0.39 is 0 Å². The molecule has 2 heterocycles. The van der Waals surface area contributed by atoms with Gasteiger partial charge in [0.1, 0.15) is 5.82 Å². The average Bonchev–Trinajstić information content (AvgIpc) is 3.13. The Kier molecular flexibility index (Phi) is 4.26. The normalized spacial score (nSPS) is 12.9. The van der Waals surface area contributed by atoms with Gasteiger partial charge in [-0.15, -0.1) is 5.10 Å². The molecule has 0 aliphatic heterocycles. The molecule has 0 amide bonds. The number of benzene rings is 1. The molecule has 1 aromatic carbocycles. The third-order valence-electron chi connectivity index (χ3n) is 3.63. The summed E-state index contributed by atoms with van der Waals surface area (Å²) in [5.41, 5.74) is 2.22. The lowest BCUT2D eigenvalue weighted by molar-refractivity contribution is 0.519. The second-order valence-corrected chi connectivity index (χ2v) is 5.92. The van der Waals surface area contributed by atoms with Crippen LogP contribution in [0, 0.1) is 0 Å². The van der Waals surface area contributed by atoms with E-state index in [-0.39, 0.29) is 6.04 Å². The number of aryl methyl sites for hydroxylation is 1. The highest BCUT2D eigenvalue weighted by Crippen LogP contribution is 2.22. The first-order valence-electron chi connectivity index (χ1n) is 7.20. The van der Waals surface area contributed by atoms with Gasteiger partial charge >= 0.3 is 0 Å². The van der Waals surface area contributed by atoms with E-state index in [4.69, 9.17) is 4.98 Å². The van der Waals surface area contributed by atoms with Crippen molar-refractivity contribution in [2.45, 2.75) is 25.8 Å². The molecule has 6 heteroatoms. The van der Waals surface area contributed by atoms with Crippen LogP contribution >= 0.6 is 11.5 Å². The van der Waals surface area contributed by atoms with Crippen molar-refractivity contribution in [1.29, 1.82) is 0 Å². The van der Waals surface area contributed by atoms with Crippen LogP contribution in [0.5, 0.6) is 0 Å². The van der Waals surface area contributed by atoms with Crippen LogP contribution < -0.4 is 5.32 Å². The first kappa shape index (κ1) is 14.2. The summed E-state index contributed by atoms with van der Waals surface area (Å²) in [6, 6.07) is 8.46. The number of nitrogens with one attached hydrogen (secondary N) is 1. The van der Waals surface area contributed by atoms with E-state index in [2.05, 4.69) is 45.6 Å². The Morgan fingerprint density at radius 3 is 2.90 bits per heavy atom. The van der Waals surface area contributed by atoms with Crippen molar-refractivity contribution in [3.05, 3.63) is 41.2 Å². The van der Waals surface area contributed by atoms with Crippen molar-refractivity contribution in [2.24, 2.45) is 7.05 Å². The third-order valence-corrected chi connectivity index (χ3v) is 4.41. The first-order valence-corrected chi connectivity index (χ1v) is 7.98. The monoisotopic (exact) mass is 301 g/mol. The fraction of sp³-hybridized carbons (Fsp3) is 0.400. The first-order chi connectivity index (χ1) is 10.3. The smallest absolute Gasteiger partial charge is 0.111 e. The molecular weight excluding hydrogens is 282 g/mol. The molecule has 0 aliphatic carbocycles. The van der Waals surface area contributed by atoms with Gasteiger partial charge < -0.3 is 9.88 Å². The lowest BCUT2D eigenvalue weighted by Gasteiger charge is -2.16. The van der Waals surface area contributed by atoms with Crippen LogP contribution in [-0.4, -0.2) is 25.7 Å². The lowest BCUT2D eigenvalue weighted by Crippen LogP contribution is -2.24. The molecule has 2 aromatic heterocycles. The van der Waals surface area contributed by atoms with Gasteiger partial charge in [0.15, 0.2) is 0 Å². The number of imidazole rings is 1. The maximum Gasteiger partial charge on any atom is 0.111 e. The second-order valence-electron chi connectivity index (χ2n) is 5.11. The van der Waals surface area contributed by atoms with Crippen LogP contribution in [0.25, 0.3) is 11.0 Å². The van der Waals surface area contributed by atoms with Crippen molar-refractivity contribution in [1.82, 2.24) is 24.5 Å². The molecule has 3 rings (SSSR count). The fourth-order valence-electron chi connectivity index (χ4n) is 2.48. The minimum Gasteiger partial charge on any atom is -0.331 e. The van der Waals surface area contributed by atoms with Gasteiger partial charge in [-0.1, -0.05) is 23.5 Å². The van der Waals surface area contributed by atoms with Gasteiger partial charge in [0.2, 0.25) is 0 Å². The highest BCUT2D eigenvalue weighted by atomic mass is 32.1. The minimum atomic E-state index is 0.223. The van der Waals surface area contributed by atoms with E-state index in [0.717, 1.165) is 35.6 Å². The molecule has 0 saturated heterocycles. The predicted molar refractivity (Wildman–Crippen MR) is 85.4 cm³/mol. The van der Waals surface area contributed by atoms with Gasteiger partial charge in [-0.25, -0.2) is 4.98 Å². The predicted octanol–water partition coefficient (Wildman–Crippen LogP) is 2.71. The van der Waals surface area contributed by atoms with Crippen LogP contribution in [0.3, 0.4) is 0 Å². The molecule has 0 fully saturated rings. The maximum absolute atomic E-state index is 4.76. The van der Waals surface area contributed by atoms with Gasteiger partial charge in [0.05, 0.1) is 28.1 Å². The lowest BCUT2D eigenvalue weighted by atomic mass is 10.1. The van der Waals surface area contributed by atoms with Crippen molar-refractivity contribution in [3.63, 3.8) is 0 Å². The van der Waals surface area contributed by atoms with Crippen LogP contribution in [0.4, 0.5) is 0 Å². The molecule has 21 heavy (non-hydrogen) atoms. The highest BCUT2D eigenvalue weighted by Gasteiger charge is 2.17. The number of rotatable bonds is 6. The zero-order valence-electron chi connectivity index (χ0n) is 12.3. The molecular formula is C15H19N5S. The molecule has 0 saturated carbocycles. The quantitative estimate of drug-likeness (QED) is 0.760. The van der Waals surface area contributed by atoms with Crippen LogP contribution in [0.2, 0.25) is 0 Å². The SMILES string of the molecule is CCCNC(Cc1nc2ccccc2n1C)c1cnns1. The summed E-state index contributed by atoms with van der Waals surface area (Å²) in [6.45, 7) is 3.15. The van der Waals surface area contributed by atoms with Gasteiger partial charge in [-0.05, 0) is 36.6 Å². The highest BCUT2D eigenvalue weighted by molar-refractivity contribution is 7.05. The summed E-state index contributed by atoms with van der Waals surface area (Å²) in [5.74, 6) is 1.08. The Morgan fingerprint density at radius 1 is 1.33 bits per heavy atom. The van der Waals surface area contributed by atoms with Crippen LogP contribution in [0.1, 0.15) is 30.1 Å². The van der Waals surface area contributed by atoms with E-state index in [1.807, 2.05) is 18.3 Å². The molecule has 5 nitrogen and oxygen atoms in total. The summed E-state index contributed by atoms with van der Waals surface area (Å²) in [7, 11) is 2.08. The van der Waals surface area contributed by atoms with E-state index in [9.17, 15) is 0 Å². The zero-order chi connectivity index (χ0) is 14.7. The third kappa shape index (κ3) is 2.96. The number of nitrogens with zero attached hydrogens (tertiary/aromatic N) is 4. The van der Waals surface area contributed by atoms with E-state index in [0.29, 0.717) is 0 Å². The molecule has 0 spiro atoms. The van der Waals surface area contributed by atoms with E-state index in [1.54, 1.807) is 0 Å². The molecule has 110 valence electrons. The molecule has 3 aromatic rings. The number of hydrogen-bond acceptors (Lipinski definition) is 5. The molecule has 1 atom stereocenters. The molecule has 0 bridgehead atoms. The number of para-hydroxylation sites is 2. The average molecular weight is 301 g/mol. The summed E-state index contributed by atoms with van der Waals surface area (Å²) >= 11 is 1.45. The summed E-state index contributed by atoms with van der Waals surface area (Å²) in [4.78, 5) is 5.92. The second kappa shape index (κ2) is 6.32. The number of fused-ring (bicyclic) bond motifs is 1.